The van der Waals surface area contributed by atoms with Crippen LogP contribution in [0.15, 0.2) is 18.2 Å². The van der Waals surface area contributed by atoms with E-state index in [1.165, 1.54) is 43.2 Å². The molecule has 0 spiro atoms. The summed E-state index contributed by atoms with van der Waals surface area (Å²) in [6, 6.07) is 7.50. The Balaban J connectivity index is 1.60. The molecule has 1 saturated carbocycles. The summed E-state index contributed by atoms with van der Waals surface area (Å²) < 4.78 is 5.56. The van der Waals surface area contributed by atoms with Crippen molar-refractivity contribution in [2.75, 3.05) is 13.7 Å². The minimum atomic E-state index is 0.753. The van der Waals surface area contributed by atoms with E-state index < -0.39 is 0 Å². The first kappa shape index (κ1) is 12.0. The van der Waals surface area contributed by atoms with Crippen molar-refractivity contribution >= 4 is 0 Å². The minimum Gasteiger partial charge on any atom is -0.493 e. The molecule has 0 radical (unpaired) electrons. The Morgan fingerprint density at radius 1 is 1.33 bits per heavy atom. The average molecular weight is 245 g/mol. The molecule has 1 heterocycles. The lowest BCUT2D eigenvalue weighted by Gasteiger charge is -2.18. The van der Waals surface area contributed by atoms with Crippen LogP contribution in [0, 0.1) is 5.92 Å². The van der Waals surface area contributed by atoms with Crippen LogP contribution in [0.1, 0.15) is 36.8 Å². The number of hydrogen-bond acceptors (Lipinski definition) is 2. The molecule has 0 bridgehead atoms. The fourth-order valence-electron chi connectivity index (χ4n) is 3.51. The van der Waals surface area contributed by atoms with E-state index in [-0.39, 0.29) is 0 Å². The van der Waals surface area contributed by atoms with E-state index in [1.54, 1.807) is 0 Å². The van der Waals surface area contributed by atoms with Crippen molar-refractivity contribution in [1.29, 1.82) is 0 Å². The Kier molecular flexibility index (Phi) is 3.55. The number of benzene rings is 1. The van der Waals surface area contributed by atoms with Gasteiger partial charge in [0.1, 0.15) is 5.75 Å². The first-order valence-electron chi connectivity index (χ1n) is 7.28. The van der Waals surface area contributed by atoms with Crippen molar-refractivity contribution in [3.63, 3.8) is 0 Å². The molecule has 3 rings (SSSR count). The van der Waals surface area contributed by atoms with Crippen LogP contribution in [0.4, 0.5) is 0 Å². The first-order valence-corrected chi connectivity index (χ1v) is 7.28. The monoisotopic (exact) mass is 245 g/mol. The molecular formula is C16H23NO. The maximum absolute atomic E-state index is 5.56. The molecule has 0 amide bonds. The second-order valence-electron chi connectivity index (χ2n) is 5.67. The maximum Gasteiger partial charge on any atom is 0.122 e. The quantitative estimate of drug-likeness (QED) is 0.880. The highest BCUT2D eigenvalue weighted by molar-refractivity contribution is 5.39. The average Bonchev–Trinajstić information content (AvgIpc) is 3.04. The van der Waals surface area contributed by atoms with Crippen molar-refractivity contribution in [2.45, 2.75) is 44.6 Å². The molecule has 2 nitrogen and oxygen atoms in total. The van der Waals surface area contributed by atoms with Crippen molar-refractivity contribution in [2.24, 2.45) is 5.92 Å². The molecule has 2 aliphatic rings. The smallest absolute Gasteiger partial charge is 0.122 e. The summed E-state index contributed by atoms with van der Waals surface area (Å²) in [4.78, 5) is 0. The summed E-state index contributed by atoms with van der Waals surface area (Å²) in [6.45, 7) is 0.864. The highest BCUT2D eigenvalue weighted by Crippen LogP contribution is 2.31. The van der Waals surface area contributed by atoms with Gasteiger partial charge in [0.2, 0.25) is 0 Å². The minimum absolute atomic E-state index is 0.753. The maximum atomic E-state index is 5.56. The van der Waals surface area contributed by atoms with E-state index in [2.05, 4.69) is 30.6 Å². The molecule has 2 unspecified atom stereocenters. The second-order valence-corrected chi connectivity index (χ2v) is 5.67. The number of aryl methyl sites for hydroxylation is 1. The third kappa shape index (κ3) is 2.39. The van der Waals surface area contributed by atoms with E-state index in [0.717, 1.165) is 30.7 Å². The summed E-state index contributed by atoms with van der Waals surface area (Å²) in [5, 5.41) is 3.47. The highest BCUT2D eigenvalue weighted by Gasteiger charge is 2.25. The Morgan fingerprint density at radius 3 is 3.17 bits per heavy atom. The van der Waals surface area contributed by atoms with Crippen LogP contribution in [-0.2, 0) is 12.8 Å². The lowest BCUT2D eigenvalue weighted by atomic mass is 9.94. The summed E-state index contributed by atoms with van der Waals surface area (Å²) >= 11 is 0. The van der Waals surface area contributed by atoms with Crippen LogP contribution in [0.2, 0.25) is 0 Å². The SMILES string of the molecule is CNC1CCCC1CCc1ccc2c(c1)CCO2. The molecule has 0 aromatic heterocycles. The summed E-state index contributed by atoms with van der Waals surface area (Å²) in [5.41, 5.74) is 2.89. The Hall–Kier alpha value is -1.02. The predicted octanol–water partition coefficient (Wildman–Crippen LogP) is 2.94. The van der Waals surface area contributed by atoms with Gasteiger partial charge in [-0.15, -0.1) is 0 Å². The lowest BCUT2D eigenvalue weighted by Crippen LogP contribution is -2.29. The van der Waals surface area contributed by atoms with Crippen LogP contribution in [0.25, 0.3) is 0 Å². The van der Waals surface area contributed by atoms with Crippen molar-refractivity contribution < 1.29 is 4.74 Å². The van der Waals surface area contributed by atoms with Crippen LogP contribution < -0.4 is 10.1 Å². The standard InChI is InChI=1S/C16H23NO/c1-17-15-4-2-3-13(15)7-5-12-6-8-16-14(11-12)9-10-18-16/h6,8,11,13,15,17H,2-5,7,9-10H2,1H3. The molecule has 0 saturated heterocycles. The zero-order valence-electron chi connectivity index (χ0n) is 11.2. The van der Waals surface area contributed by atoms with Crippen LogP contribution in [0.5, 0.6) is 5.75 Å². The Bertz CT molecular complexity index is 416. The largest absolute Gasteiger partial charge is 0.493 e. The van der Waals surface area contributed by atoms with E-state index in [1.807, 2.05) is 0 Å². The second kappa shape index (κ2) is 5.31. The van der Waals surface area contributed by atoms with E-state index in [0.29, 0.717) is 0 Å². The molecule has 1 N–H and O–H groups in total. The number of rotatable bonds is 4. The number of ether oxygens (including phenoxy) is 1. The van der Waals surface area contributed by atoms with Gasteiger partial charge in [0.15, 0.2) is 0 Å². The molecule has 18 heavy (non-hydrogen) atoms. The molecular weight excluding hydrogens is 222 g/mol. The van der Waals surface area contributed by atoms with Gasteiger partial charge in [-0.05, 0) is 55.8 Å². The van der Waals surface area contributed by atoms with Crippen molar-refractivity contribution in [3.05, 3.63) is 29.3 Å². The molecule has 2 heteroatoms. The Labute approximate surface area is 110 Å². The van der Waals surface area contributed by atoms with Crippen LogP contribution in [-0.4, -0.2) is 19.7 Å². The zero-order chi connectivity index (χ0) is 12.4. The fraction of sp³-hybridized carbons (Fsp3) is 0.625. The van der Waals surface area contributed by atoms with E-state index >= 15 is 0 Å². The lowest BCUT2D eigenvalue weighted by molar-refractivity contribution is 0.356. The molecule has 98 valence electrons. The molecule has 1 aliphatic carbocycles. The first-order chi connectivity index (χ1) is 8.86. The summed E-state index contributed by atoms with van der Waals surface area (Å²) in [6.07, 6.45) is 7.79. The fourth-order valence-corrected chi connectivity index (χ4v) is 3.51. The van der Waals surface area contributed by atoms with Gasteiger partial charge >= 0.3 is 0 Å². The van der Waals surface area contributed by atoms with Gasteiger partial charge in [-0.3, -0.25) is 0 Å². The van der Waals surface area contributed by atoms with Gasteiger partial charge in [-0.2, -0.15) is 0 Å². The highest BCUT2D eigenvalue weighted by atomic mass is 16.5. The van der Waals surface area contributed by atoms with Gasteiger partial charge in [-0.25, -0.2) is 0 Å². The summed E-state index contributed by atoms with van der Waals surface area (Å²) in [7, 11) is 2.11. The molecule has 2 atom stereocenters. The number of hydrogen-bond donors (Lipinski definition) is 1. The van der Waals surface area contributed by atoms with E-state index in [9.17, 15) is 0 Å². The third-order valence-corrected chi connectivity index (χ3v) is 4.59. The van der Waals surface area contributed by atoms with Crippen LogP contribution in [0.3, 0.4) is 0 Å². The molecule has 1 fully saturated rings. The van der Waals surface area contributed by atoms with Gasteiger partial charge in [0, 0.05) is 12.5 Å². The third-order valence-electron chi connectivity index (χ3n) is 4.59. The van der Waals surface area contributed by atoms with Gasteiger partial charge in [-0.1, -0.05) is 18.6 Å². The van der Waals surface area contributed by atoms with E-state index in [4.69, 9.17) is 4.74 Å². The molecule has 1 aromatic rings. The topological polar surface area (TPSA) is 21.3 Å². The van der Waals surface area contributed by atoms with Crippen LogP contribution >= 0.6 is 0 Å². The number of nitrogens with one attached hydrogen (secondary N) is 1. The zero-order valence-corrected chi connectivity index (χ0v) is 11.2. The normalized spacial score (nSPS) is 26.1. The van der Waals surface area contributed by atoms with Crippen molar-refractivity contribution in [1.82, 2.24) is 5.32 Å². The van der Waals surface area contributed by atoms with Gasteiger partial charge in [0.05, 0.1) is 6.61 Å². The number of fused-ring (bicyclic) bond motifs is 1. The predicted molar refractivity (Wildman–Crippen MR) is 74.2 cm³/mol. The molecule has 1 aromatic carbocycles. The Morgan fingerprint density at radius 2 is 2.28 bits per heavy atom. The molecule has 1 aliphatic heterocycles. The van der Waals surface area contributed by atoms with Crippen molar-refractivity contribution in [3.8, 4) is 5.75 Å². The van der Waals surface area contributed by atoms with Gasteiger partial charge in [0.25, 0.3) is 0 Å². The van der Waals surface area contributed by atoms with Gasteiger partial charge < -0.3 is 10.1 Å². The summed E-state index contributed by atoms with van der Waals surface area (Å²) in [5.74, 6) is 1.98.